The summed E-state index contributed by atoms with van der Waals surface area (Å²) in [6.45, 7) is 2.22. The molecule has 2 N–H and O–H groups in total. The van der Waals surface area contributed by atoms with Gasteiger partial charge in [0.1, 0.15) is 11.8 Å². The molecule has 156 valence electrons. The zero-order valence-electron chi connectivity index (χ0n) is 16.6. The molecule has 3 amide bonds. The number of hydrogen-bond donors (Lipinski definition) is 2. The van der Waals surface area contributed by atoms with Crippen LogP contribution in [-0.2, 0) is 9.59 Å². The quantitative estimate of drug-likeness (QED) is 0.657. The van der Waals surface area contributed by atoms with E-state index in [0.717, 1.165) is 0 Å². The number of para-hydroxylation sites is 1. The first-order valence-corrected chi connectivity index (χ1v) is 9.81. The van der Waals surface area contributed by atoms with Crippen molar-refractivity contribution in [3.63, 3.8) is 0 Å². The smallest absolute Gasteiger partial charge is 0.270 e. The van der Waals surface area contributed by atoms with Crippen molar-refractivity contribution in [1.82, 2.24) is 15.8 Å². The molecule has 3 rings (SSSR count). The lowest BCUT2D eigenvalue weighted by Gasteiger charge is -2.24. The Morgan fingerprint density at radius 3 is 2.53 bits per heavy atom. The van der Waals surface area contributed by atoms with Crippen molar-refractivity contribution >= 4 is 40.7 Å². The Kier molecular flexibility index (Phi) is 6.63. The second-order valence-electron chi connectivity index (χ2n) is 6.51. The van der Waals surface area contributed by atoms with Crippen LogP contribution in [0.2, 0.25) is 0 Å². The Balaban J connectivity index is 1.89. The molecule has 2 aromatic rings. The third kappa shape index (κ3) is 4.41. The molecule has 0 aromatic heterocycles. The van der Waals surface area contributed by atoms with E-state index in [-0.39, 0.29) is 23.3 Å². The second kappa shape index (κ2) is 9.36. The van der Waals surface area contributed by atoms with E-state index in [1.54, 1.807) is 55.5 Å². The number of thiocarbonyl (C=S) groups is 1. The normalized spacial score (nSPS) is 15.9. The highest BCUT2D eigenvalue weighted by molar-refractivity contribution is 7.80. The fraction of sp³-hybridized carbons (Fsp3) is 0.238. The number of anilines is 1. The summed E-state index contributed by atoms with van der Waals surface area (Å²) in [6.07, 6.45) is -0.144. The second-order valence-corrected chi connectivity index (χ2v) is 6.87. The molecule has 1 aliphatic rings. The van der Waals surface area contributed by atoms with Gasteiger partial charge >= 0.3 is 0 Å². The molecular formula is C21H22N4O4S. The summed E-state index contributed by atoms with van der Waals surface area (Å²) in [7, 11) is 1.51. The number of benzene rings is 2. The third-order valence-electron chi connectivity index (χ3n) is 4.54. The third-order valence-corrected chi connectivity index (χ3v) is 4.91. The molecule has 8 nitrogen and oxygen atoms in total. The van der Waals surface area contributed by atoms with Crippen LogP contribution in [0, 0.1) is 0 Å². The first-order valence-electron chi connectivity index (χ1n) is 9.40. The molecule has 0 saturated carbocycles. The molecule has 0 bridgehead atoms. The van der Waals surface area contributed by atoms with E-state index in [2.05, 4.69) is 10.7 Å². The number of nitrogens with zero attached hydrogens (tertiary/aromatic N) is 2. The molecule has 1 saturated heterocycles. The van der Waals surface area contributed by atoms with Crippen LogP contribution in [0.5, 0.6) is 5.75 Å². The molecule has 1 fully saturated rings. The lowest BCUT2D eigenvalue weighted by atomic mass is 10.1. The molecule has 30 heavy (non-hydrogen) atoms. The number of nitrogens with one attached hydrogen (secondary N) is 2. The maximum Gasteiger partial charge on any atom is 0.270 e. The largest absolute Gasteiger partial charge is 0.497 e. The molecule has 2 aromatic carbocycles. The highest BCUT2D eigenvalue weighted by Crippen LogP contribution is 2.26. The van der Waals surface area contributed by atoms with Gasteiger partial charge < -0.3 is 10.1 Å². The molecule has 9 heteroatoms. The zero-order chi connectivity index (χ0) is 21.7. The predicted molar refractivity (Wildman–Crippen MR) is 116 cm³/mol. The lowest BCUT2D eigenvalue weighted by molar-refractivity contribution is -0.127. The van der Waals surface area contributed by atoms with Crippen molar-refractivity contribution in [1.29, 1.82) is 0 Å². The van der Waals surface area contributed by atoms with Crippen molar-refractivity contribution in [3.05, 3.63) is 60.2 Å². The van der Waals surface area contributed by atoms with Crippen molar-refractivity contribution in [2.75, 3.05) is 18.6 Å². The minimum Gasteiger partial charge on any atom is -0.497 e. The molecule has 0 aliphatic carbocycles. The van der Waals surface area contributed by atoms with Gasteiger partial charge in [-0.05, 0) is 49.5 Å². The van der Waals surface area contributed by atoms with Gasteiger partial charge in [0.2, 0.25) is 11.0 Å². The highest BCUT2D eigenvalue weighted by Gasteiger charge is 2.45. The van der Waals surface area contributed by atoms with Gasteiger partial charge in [-0.2, -0.15) is 0 Å². The van der Waals surface area contributed by atoms with Crippen LogP contribution in [0.25, 0.3) is 0 Å². The van der Waals surface area contributed by atoms with E-state index in [4.69, 9.17) is 17.0 Å². The average Bonchev–Trinajstić information content (AvgIpc) is 2.98. The van der Waals surface area contributed by atoms with Gasteiger partial charge in [-0.25, -0.2) is 5.01 Å². The Morgan fingerprint density at radius 1 is 1.13 bits per heavy atom. The summed E-state index contributed by atoms with van der Waals surface area (Å²) in [4.78, 5) is 39.5. The minimum atomic E-state index is -0.959. The molecule has 0 spiro atoms. The molecule has 1 atom stereocenters. The van der Waals surface area contributed by atoms with E-state index in [9.17, 15) is 14.4 Å². The van der Waals surface area contributed by atoms with E-state index in [1.807, 2.05) is 6.07 Å². The van der Waals surface area contributed by atoms with Gasteiger partial charge in [-0.15, -0.1) is 0 Å². The maximum atomic E-state index is 13.1. The van der Waals surface area contributed by atoms with Gasteiger partial charge in [-0.3, -0.25) is 24.7 Å². The van der Waals surface area contributed by atoms with Crippen molar-refractivity contribution < 1.29 is 19.1 Å². The molecule has 1 unspecified atom stereocenters. The first-order chi connectivity index (χ1) is 14.5. The van der Waals surface area contributed by atoms with Crippen molar-refractivity contribution in [2.24, 2.45) is 0 Å². The van der Waals surface area contributed by atoms with Gasteiger partial charge in [0.05, 0.1) is 19.2 Å². The number of carbonyl (C=O) groups is 3. The van der Waals surface area contributed by atoms with E-state index >= 15 is 0 Å². The van der Waals surface area contributed by atoms with Gasteiger partial charge in [0.25, 0.3) is 11.8 Å². The summed E-state index contributed by atoms with van der Waals surface area (Å²) >= 11 is 5.49. The fourth-order valence-electron chi connectivity index (χ4n) is 3.10. The van der Waals surface area contributed by atoms with Gasteiger partial charge in [-0.1, -0.05) is 24.3 Å². The van der Waals surface area contributed by atoms with Crippen LogP contribution in [0.3, 0.4) is 0 Å². The average molecular weight is 426 g/mol. The van der Waals surface area contributed by atoms with E-state index < -0.39 is 11.9 Å². The van der Waals surface area contributed by atoms with Gasteiger partial charge in [0.15, 0.2) is 0 Å². The highest BCUT2D eigenvalue weighted by atomic mass is 32.1. The number of ether oxygens (including phenoxy) is 1. The lowest BCUT2D eigenvalue weighted by Crippen LogP contribution is -2.50. The fourth-order valence-corrected chi connectivity index (χ4v) is 3.47. The molecule has 1 heterocycles. The number of hydrazine groups is 1. The summed E-state index contributed by atoms with van der Waals surface area (Å²) < 4.78 is 5.15. The van der Waals surface area contributed by atoms with Gasteiger partial charge in [0, 0.05) is 12.1 Å². The van der Waals surface area contributed by atoms with E-state index in [0.29, 0.717) is 23.5 Å². The Labute approximate surface area is 179 Å². The summed E-state index contributed by atoms with van der Waals surface area (Å²) in [5, 5.41) is 4.05. The Hall–Kier alpha value is -3.46. The van der Waals surface area contributed by atoms with Crippen LogP contribution in [-0.4, -0.2) is 47.5 Å². The first kappa shape index (κ1) is 21.3. The SMILES string of the molecule is CCNC(=O)CC1C(=O)N(c2ccccc2)C(=S)N1NC(=O)c1cccc(OC)c1. The molecule has 1 aliphatic heterocycles. The van der Waals surface area contributed by atoms with Crippen molar-refractivity contribution in [2.45, 2.75) is 19.4 Å². The number of methoxy groups -OCH3 is 1. The maximum absolute atomic E-state index is 13.1. The van der Waals surface area contributed by atoms with Crippen LogP contribution in [0.4, 0.5) is 5.69 Å². The summed E-state index contributed by atoms with van der Waals surface area (Å²) in [5.41, 5.74) is 3.57. The molecular weight excluding hydrogens is 404 g/mol. The van der Waals surface area contributed by atoms with Crippen molar-refractivity contribution in [3.8, 4) is 5.75 Å². The zero-order valence-corrected chi connectivity index (χ0v) is 17.4. The van der Waals surface area contributed by atoms with Crippen LogP contribution in [0.15, 0.2) is 54.6 Å². The number of hydrogen-bond acceptors (Lipinski definition) is 5. The topological polar surface area (TPSA) is 91.0 Å². The van der Waals surface area contributed by atoms with E-state index in [1.165, 1.54) is 17.0 Å². The number of rotatable bonds is 7. The number of carbonyl (C=O) groups excluding carboxylic acids is 3. The Morgan fingerprint density at radius 2 is 1.87 bits per heavy atom. The monoisotopic (exact) mass is 426 g/mol. The van der Waals surface area contributed by atoms with Crippen LogP contribution < -0.4 is 20.4 Å². The standard InChI is InChI=1S/C21H22N4O4S/c1-3-22-18(26)13-17-20(28)24(15-9-5-4-6-10-15)21(30)25(17)23-19(27)14-8-7-11-16(12-14)29-2/h4-12,17H,3,13H2,1-2H3,(H,22,26)(H,23,27). The number of amides is 3. The summed E-state index contributed by atoms with van der Waals surface area (Å²) in [6, 6.07) is 14.5. The van der Waals surface area contributed by atoms with Crippen LogP contribution in [0.1, 0.15) is 23.7 Å². The summed E-state index contributed by atoms with van der Waals surface area (Å²) in [5.74, 6) is -0.648. The predicted octanol–water partition coefficient (Wildman–Crippen LogP) is 1.87. The molecule has 0 radical (unpaired) electrons. The van der Waals surface area contributed by atoms with Crippen LogP contribution >= 0.6 is 12.2 Å². The minimum absolute atomic E-state index is 0.0942. The Bertz CT molecular complexity index is 966.